The zero-order valence-electron chi connectivity index (χ0n) is 17.6. The van der Waals surface area contributed by atoms with Crippen molar-refractivity contribution in [3.05, 3.63) is 65.8 Å². The second-order valence-electron chi connectivity index (χ2n) is 7.80. The molecular weight excluding hydrogens is 397 g/mol. The monoisotopic (exact) mass is 423 g/mol. The van der Waals surface area contributed by atoms with Gasteiger partial charge in [-0.3, -0.25) is 9.69 Å². The Labute approximate surface area is 180 Å². The van der Waals surface area contributed by atoms with E-state index in [1.54, 1.807) is 12.1 Å². The summed E-state index contributed by atoms with van der Waals surface area (Å²) in [6.07, 6.45) is 0.375. The minimum absolute atomic E-state index is 0.109. The molecule has 1 aliphatic rings. The number of aryl methyl sites for hydroxylation is 1. The second kappa shape index (κ2) is 9.80. The molecule has 0 spiro atoms. The van der Waals surface area contributed by atoms with Gasteiger partial charge in [0.15, 0.2) is 0 Å². The van der Waals surface area contributed by atoms with E-state index in [4.69, 9.17) is 4.52 Å². The van der Waals surface area contributed by atoms with Crippen molar-refractivity contribution < 1.29 is 13.7 Å². The molecule has 0 bridgehead atoms. The lowest BCUT2D eigenvalue weighted by molar-refractivity contribution is -0.116. The van der Waals surface area contributed by atoms with Crippen LogP contribution in [-0.2, 0) is 11.3 Å². The summed E-state index contributed by atoms with van der Waals surface area (Å²) in [6.45, 7) is 6.81. The van der Waals surface area contributed by atoms with Gasteiger partial charge in [0.1, 0.15) is 5.82 Å². The Morgan fingerprint density at radius 2 is 1.84 bits per heavy atom. The molecule has 0 atom stereocenters. The van der Waals surface area contributed by atoms with Crippen molar-refractivity contribution in [1.82, 2.24) is 19.9 Å². The van der Waals surface area contributed by atoms with E-state index in [2.05, 4.69) is 25.3 Å². The van der Waals surface area contributed by atoms with E-state index in [9.17, 15) is 9.18 Å². The van der Waals surface area contributed by atoms with Crippen LogP contribution in [0.4, 0.5) is 10.1 Å². The van der Waals surface area contributed by atoms with Crippen LogP contribution >= 0.6 is 0 Å². The van der Waals surface area contributed by atoms with Crippen LogP contribution in [-0.4, -0.2) is 58.6 Å². The number of carbonyl (C=O) groups excluding carboxylic acids is 1. The lowest BCUT2D eigenvalue weighted by Gasteiger charge is -2.33. The van der Waals surface area contributed by atoms with Crippen LogP contribution in [0.1, 0.15) is 17.9 Å². The number of amides is 1. The zero-order valence-corrected chi connectivity index (χ0v) is 17.6. The van der Waals surface area contributed by atoms with Gasteiger partial charge in [0, 0.05) is 50.4 Å². The van der Waals surface area contributed by atoms with E-state index < -0.39 is 0 Å². The summed E-state index contributed by atoms with van der Waals surface area (Å²) < 4.78 is 18.6. The van der Waals surface area contributed by atoms with Crippen LogP contribution in [0.5, 0.6) is 0 Å². The standard InChI is InChI=1S/C23H26FN5O2/c1-17-5-7-18(8-6-17)23-26-22(31-27-23)16-29-13-11-28(12-14-29)10-9-21(30)25-20-4-2-3-19(24)15-20/h2-8,15H,9-14,16H2,1H3,(H,25,30). The highest BCUT2D eigenvalue weighted by atomic mass is 19.1. The van der Waals surface area contributed by atoms with Crippen molar-refractivity contribution in [3.63, 3.8) is 0 Å². The highest BCUT2D eigenvalue weighted by Crippen LogP contribution is 2.17. The molecule has 1 amide bonds. The maximum Gasteiger partial charge on any atom is 0.241 e. The summed E-state index contributed by atoms with van der Waals surface area (Å²) in [7, 11) is 0. The molecule has 0 radical (unpaired) electrons. The van der Waals surface area contributed by atoms with E-state index in [0.29, 0.717) is 36.9 Å². The van der Waals surface area contributed by atoms with Crippen molar-refractivity contribution in [2.24, 2.45) is 0 Å². The topological polar surface area (TPSA) is 74.5 Å². The van der Waals surface area contributed by atoms with Gasteiger partial charge in [-0.05, 0) is 25.1 Å². The first kappa shape index (κ1) is 21.1. The minimum Gasteiger partial charge on any atom is -0.338 e. The van der Waals surface area contributed by atoms with Crippen LogP contribution in [0, 0.1) is 12.7 Å². The molecule has 1 aliphatic heterocycles. The fourth-order valence-corrected chi connectivity index (χ4v) is 3.55. The molecular formula is C23H26FN5O2. The summed E-state index contributed by atoms with van der Waals surface area (Å²) in [6, 6.07) is 14.0. The highest BCUT2D eigenvalue weighted by molar-refractivity contribution is 5.90. The van der Waals surface area contributed by atoms with Crippen molar-refractivity contribution in [2.45, 2.75) is 19.9 Å². The summed E-state index contributed by atoms with van der Waals surface area (Å²) in [5.41, 5.74) is 2.62. The van der Waals surface area contributed by atoms with Gasteiger partial charge in [0.2, 0.25) is 17.6 Å². The van der Waals surface area contributed by atoms with Crippen LogP contribution in [0.3, 0.4) is 0 Å². The zero-order chi connectivity index (χ0) is 21.6. The number of hydrogen-bond donors (Lipinski definition) is 1. The molecule has 31 heavy (non-hydrogen) atoms. The van der Waals surface area contributed by atoms with Crippen molar-refractivity contribution in [2.75, 3.05) is 38.0 Å². The van der Waals surface area contributed by atoms with Crippen molar-refractivity contribution >= 4 is 11.6 Å². The molecule has 1 saturated heterocycles. The van der Waals surface area contributed by atoms with E-state index in [1.165, 1.54) is 17.7 Å². The van der Waals surface area contributed by atoms with E-state index in [0.717, 1.165) is 31.7 Å². The molecule has 1 N–H and O–H groups in total. The highest BCUT2D eigenvalue weighted by Gasteiger charge is 2.20. The van der Waals surface area contributed by atoms with Gasteiger partial charge in [-0.25, -0.2) is 4.39 Å². The first-order valence-electron chi connectivity index (χ1n) is 10.4. The summed E-state index contributed by atoms with van der Waals surface area (Å²) in [5.74, 6) is 0.750. The number of carbonyl (C=O) groups is 1. The Kier molecular flexibility index (Phi) is 6.69. The SMILES string of the molecule is Cc1ccc(-c2noc(CN3CCN(CCC(=O)Nc4cccc(F)c4)CC3)n2)cc1. The van der Waals surface area contributed by atoms with Crippen LogP contribution in [0.25, 0.3) is 11.4 Å². The van der Waals surface area contributed by atoms with E-state index in [1.807, 2.05) is 31.2 Å². The quantitative estimate of drug-likeness (QED) is 0.628. The number of hydrogen-bond acceptors (Lipinski definition) is 6. The Morgan fingerprint density at radius 3 is 2.58 bits per heavy atom. The number of piperazine rings is 1. The summed E-state index contributed by atoms with van der Waals surface area (Å²) >= 11 is 0. The Hall–Kier alpha value is -3.10. The van der Waals surface area contributed by atoms with Gasteiger partial charge < -0.3 is 14.7 Å². The number of aromatic nitrogens is 2. The molecule has 7 nitrogen and oxygen atoms in total. The normalized spacial score (nSPS) is 15.2. The molecule has 0 saturated carbocycles. The minimum atomic E-state index is -0.360. The maximum atomic E-state index is 13.2. The molecule has 0 aliphatic carbocycles. The van der Waals surface area contributed by atoms with Crippen molar-refractivity contribution in [3.8, 4) is 11.4 Å². The Balaban J connectivity index is 1.19. The third-order valence-corrected chi connectivity index (χ3v) is 5.37. The van der Waals surface area contributed by atoms with Gasteiger partial charge in [0.05, 0.1) is 6.54 Å². The lowest BCUT2D eigenvalue weighted by atomic mass is 10.1. The van der Waals surface area contributed by atoms with Gasteiger partial charge >= 0.3 is 0 Å². The largest absolute Gasteiger partial charge is 0.338 e. The third-order valence-electron chi connectivity index (χ3n) is 5.37. The Bertz CT molecular complexity index is 1010. The average molecular weight is 423 g/mol. The summed E-state index contributed by atoms with van der Waals surface area (Å²) in [5, 5.41) is 6.83. The molecule has 4 rings (SSSR count). The van der Waals surface area contributed by atoms with Crippen LogP contribution < -0.4 is 5.32 Å². The Morgan fingerprint density at radius 1 is 1.10 bits per heavy atom. The maximum absolute atomic E-state index is 13.2. The van der Waals surface area contributed by atoms with Gasteiger partial charge in [-0.15, -0.1) is 0 Å². The fraction of sp³-hybridized carbons (Fsp3) is 0.348. The van der Waals surface area contributed by atoms with E-state index in [-0.39, 0.29) is 11.7 Å². The number of benzene rings is 2. The average Bonchev–Trinajstić information content (AvgIpc) is 3.22. The third kappa shape index (κ3) is 5.96. The number of halogens is 1. The van der Waals surface area contributed by atoms with Crippen LogP contribution in [0.2, 0.25) is 0 Å². The molecule has 2 heterocycles. The van der Waals surface area contributed by atoms with Crippen molar-refractivity contribution in [1.29, 1.82) is 0 Å². The molecule has 2 aromatic carbocycles. The first-order valence-corrected chi connectivity index (χ1v) is 10.4. The van der Waals surface area contributed by atoms with Gasteiger partial charge in [0.25, 0.3) is 0 Å². The number of nitrogens with one attached hydrogen (secondary N) is 1. The molecule has 0 unspecified atom stereocenters. The molecule has 1 fully saturated rings. The molecule has 162 valence electrons. The number of rotatable bonds is 7. The second-order valence-corrected chi connectivity index (χ2v) is 7.80. The fourth-order valence-electron chi connectivity index (χ4n) is 3.55. The van der Waals surface area contributed by atoms with Crippen LogP contribution in [0.15, 0.2) is 53.1 Å². The number of anilines is 1. The first-order chi connectivity index (χ1) is 15.0. The predicted octanol–water partition coefficient (Wildman–Crippen LogP) is 3.33. The summed E-state index contributed by atoms with van der Waals surface area (Å²) in [4.78, 5) is 21.2. The van der Waals surface area contributed by atoms with Gasteiger partial charge in [-0.2, -0.15) is 4.98 Å². The predicted molar refractivity (Wildman–Crippen MR) is 116 cm³/mol. The smallest absolute Gasteiger partial charge is 0.241 e. The molecule has 3 aromatic rings. The number of nitrogens with zero attached hydrogens (tertiary/aromatic N) is 4. The molecule has 1 aromatic heterocycles. The molecule has 8 heteroatoms. The lowest BCUT2D eigenvalue weighted by Crippen LogP contribution is -2.46. The van der Waals surface area contributed by atoms with E-state index >= 15 is 0 Å². The van der Waals surface area contributed by atoms with Gasteiger partial charge in [-0.1, -0.05) is 41.1 Å².